The van der Waals surface area contributed by atoms with Gasteiger partial charge in [0.1, 0.15) is 0 Å². The van der Waals surface area contributed by atoms with Gasteiger partial charge in [0.05, 0.1) is 13.7 Å². The number of ether oxygens (including phenoxy) is 2. The van der Waals surface area contributed by atoms with Gasteiger partial charge in [-0.2, -0.15) is 0 Å². The maximum Gasteiger partial charge on any atom is 0.257 e. The van der Waals surface area contributed by atoms with Crippen LogP contribution in [0.5, 0.6) is 11.5 Å². The smallest absolute Gasteiger partial charge is 0.257 e. The lowest BCUT2D eigenvalue weighted by molar-refractivity contribution is -0.124. The predicted molar refractivity (Wildman–Crippen MR) is 84.1 cm³/mol. The highest BCUT2D eigenvalue weighted by Crippen LogP contribution is 2.35. The molecule has 22 heavy (non-hydrogen) atoms. The summed E-state index contributed by atoms with van der Waals surface area (Å²) < 4.78 is 10.7. The normalized spacial score (nSPS) is 16.8. The Labute approximate surface area is 131 Å². The van der Waals surface area contributed by atoms with E-state index in [1.807, 2.05) is 12.1 Å². The van der Waals surface area contributed by atoms with E-state index in [4.69, 9.17) is 9.47 Å². The van der Waals surface area contributed by atoms with E-state index in [1.165, 1.54) is 6.42 Å². The number of carbonyl (C=O) groups excluding carboxylic acids is 1. The minimum Gasteiger partial charge on any atom is -0.493 e. The van der Waals surface area contributed by atoms with E-state index in [-0.39, 0.29) is 24.5 Å². The number of para-hydroxylation sites is 2. The molecule has 0 radical (unpaired) electrons. The SMILES string of the molecule is COc1ccccc1OCC(=O)NCC1(CO)CCCCC1. The van der Waals surface area contributed by atoms with Crippen molar-refractivity contribution in [3.63, 3.8) is 0 Å². The first kappa shape index (κ1) is 16.6. The van der Waals surface area contributed by atoms with Crippen molar-refractivity contribution in [1.82, 2.24) is 5.32 Å². The van der Waals surface area contributed by atoms with E-state index < -0.39 is 0 Å². The standard InChI is InChI=1S/C17H25NO4/c1-21-14-7-3-4-8-15(14)22-11-16(20)18-12-17(13-19)9-5-2-6-10-17/h3-4,7-8,19H,2,5-6,9-13H2,1H3,(H,18,20). The van der Waals surface area contributed by atoms with Crippen LogP contribution in [0.3, 0.4) is 0 Å². The van der Waals surface area contributed by atoms with Gasteiger partial charge < -0.3 is 19.9 Å². The lowest BCUT2D eigenvalue weighted by Crippen LogP contribution is -2.42. The summed E-state index contributed by atoms with van der Waals surface area (Å²) in [6.45, 7) is 0.583. The number of methoxy groups -OCH3 is 1. The molecule has 0 bridgehead atoms. The van der Waals surface area contributed by atoms with E-state index in [0.29, 0.717) is 18.0 Å². The zero-order valence-electron chi connectivity index (χ0n) is 13.1. The molecule has 5 nitrogen and oxygen atoms in total. The van der Waals surface area contributed by atoms with E-state index in [1.54, 1.807) is 19.2 Å². The molecular formula is C17H25NO4. The second-order valence-electron chi connectivity index (χ2n) is 5.94. The van der Waals surface area contributed by atoms with E-state index >= 15 is 0 Å². The molecule has 0 aromatic heterocycles. The number of hydrogen-bond donors (Lipinski definition) is 2. The summed E-state index contributed by atoms with van der Waals surface area (Å²) in [5.41, 5.74) is -0.154. The number of aliphatic hydroxyl groups is 1. The third-order valence-corrected chi connectivity index (χ3v) is 4.34. The second-order valence-corrected chi connectivity index (χ2v) is 5.94. The molecule has 2 N–H and O–H groups in total. The summed E-state index contributed by atoms with van der Waals surface area (Å²) in [5.74, 6) is 0.980. The molecule has 0 spiro atoms. The van der Waals surface area contributed by atoms with Gasteiger partial charge in [0.15, 0.2) is 18.1 Å². The number of benzene rings is 1. The number of aliphatic hydroxyl groups excluding tert-OH is 1. The van der Waals surface area contributed by atoms with E-state index in [9.17, 15) is 9.90 Å². The molecule has 1 aliphatic rings. The predicted octanol–water partition coefficient (Wildman–Crippen LogP) is 2.13. The Balaban J connectivity index is 1.80. The Morgan fingerprint density at radius 2 is 1.91 bits per heavy atom. The molecule has 2 rings (SSSR count). The molecule has 0 heterocycles. The van der Waals surface area contributed by atoms with Crippen LogP contribution in [0.15, 0.2) is 24.3 Å². The van der Waals surface area contributed by atoms with Crippen molar-refractivity contribution < 1.29 is 19.4 Å². The molecule has 0 saturated heterocycles. The first-order valence-corrected chi connectivity index (χ1v) is 7.82. The van der Waals surface area contributed by atoms with Gasteiger partial charge in [-0.05, 0) is 25.0 Å². The summed E-state index contributed by atoms with van der Waals surface area (Å²) in [5, 5.41) is 12.5. The van der Waals surface area contributed by atoms with E-state index in [2.05, 4.69) is 5.32 Å². The monoisotopic (exact) mass is 307 g/mol. The number of carbonyl (C=O) groups is 1. The van der Waals surface area contributed by atoms with Crippen LogP contribution < -0.4 is 14.8 Å². The molecule has 1 fully saturated rings. The van der Waals surface area contributed by atoms with Crippen molar-refractivity contribution in [2.75, 3.05) is 26.9 Å². The van der Waals surface area contributed by atoms with Gasteiger partial charge in [-0.15, -0.1) is 0 Å². The van der Waals surface area contributed by atoms with Crippen LogP contribution in [0.1, 0.15) is 32.1 Å². The summed E-state index contributed by atoms with van der Waals surface area (Å²) in [6, 6.07) is 7.23. The second kappa shape index (κ2) is 8.03. The van der Waals surface area contributed by atoms with Gasteiger partial charge in [-0.1, -0.05) is 31.4 Å². The van der Waals surface area contributed by atoms with Crippen LogP contribution in [0, 0.1) is 5.41 Å². The number of hydrogen-bond acceptors (Lipinski definition) is 4. The zero-order valence-corrected chi connectivity index (χ0v) is 13.1. The van der Waals surface area contributed by atoms with Gasteiger partial charge in [-0.3, -0.25) is 4.79 Å². The largest absolute Gasteiger partial charge is 0.493 e. The molecule has 1 saturated carbocycles. The quantitative estimate of drug-likeness (QED) is 0.810. The van der Waals surface area contributed by atoms with E-state index in [0.717, 1.165) is 25.7 Å². The molecule has 1 aliphatic carbocycles. The fourth-order valence-electron chi connectivity index (χ4n) is 2.91. The van der Waals surface area contributed by atoms with Gasteiger partial charge in [-0.25, -0.2) is 0 Å². The van der Waals surface area contributed by atoms with Gasteiger partial charge >= 0.3 is 0 Å². The van der Waals surface area contributed by atoms with Crippen LogP contribution >= 0.6 is 0 Å². The molecule has 5 heteroatoms. The third-order valence-electron chi connectivity index (χ3n) is 4.34. The lowest BCUT2D eigenvalue weighted by Gasteiger charge is -2.35. The topological polar surface area (TPSA) is 67.8 Å². The Bertz CT molecular complexity index is 483. The van der Waals surface area contributed by atoms with Crippen molar-refractivity contribution in [2.24, 2.45) is 5.41 Å². The summed E-state index contributed by atoms with van der Waals surface area (Å²) in [4.78, 5) is 12.0. The molecule has 0 aliphatic heterocycles. The maximum absolute atomic E-state index is 12.0. The van der Waals surface area contributed by atoms with Crippen LogP contribution in [0.2, 0.25) is 0 Å². The Hall–Kier alpha value is -1.75. The van der Waals surface area contributed by atoms with Crippen LogP contribution in [0.4, 0.5) is 0 Å². The lowest BCUT2D eigenvalue weighted by atomic mass is 9.74. The molecule has 1 aromatic carbocycles. The highest BCUT2D eigenvalue weighted by Gasteiger charge is 2.31. The number of amides is 1. The third kappa shape index (κ3) is 4.37. The fraction of sp³-hybridized carbons (Fsp3) is 0.588. The average molecular weight is 307 g/mol. The first-order valence-electron chi connectivity index (χ1n) is 7.82. The van der Waals surface area contributed by atoms with Crippen molar-refractivity contribution >= 4 is 5.91 Å². The highest BCUT2D eigenvalue weighted by molar-refractivity contribution is 5.77. The Morgan fingerprint density at radius 1 is 1.23 bits per heavy atom. The van der Waals surface area contributed by atoms with Crippen molar-refractivity contribution in [2.45, 2.75) is 32.1 Å². The van der Waals surface area contributed by atoms with Crippen LogP contribution in [-0.4, -0.2) is 37.9 Å². The molecular weight excluding hydrogens is 282 g/mol. The van der Waals surface area contributed by atoms with Gasteiger partial charge in [0.2, 0.25) is 0 Å². The minimum atomic E-state index is -0.177. The highest BCUT2D eigenvalue weighted by atomic mass is 16.5. The van der Waals surface area contributed by atoms with Crippen LogP contribution in [0.25, 0.3) is 0 Å². The molecule has 122 valence electrons. The summed E-state index contributed by atoms with van der Waals surface area (Å²) in [6.07, 6.45) is 5.39. The molecule has 1 amide bonds. The average Bonchev–Trinajstić information content (AvgIpc) is 2.59. The molecule has 0 atom stereocenters. The number of rotatable bonds is 7. The first-order chi connectivity index (χ1) is 10.7. The van der Waals surface area contributed by atoms with Crippen molar-refractivity contribution in [1.29, 1.82) is 0 Å². The Morgan fingerprint density at radius 3 is 2.55 bits per heavy atom. The van der Waals surface area contributed by atoms with Crippen molar-refractivity contribution in [3.05, 3.63) is 24.3 Å². The number of nitrogens with one attached hydrogen (secondary N) is 1. The fourth-order valence-corrected chi connectivity index (χ4v) is 2.91. The van der Waals surface area contributed by atoms with Gasteiger partial charge in [0.25, 0.3) is 5.91 Å². The van der Waals surface area contributed by atoms with Gasteiger partial charge in [0, 0.05) is 12.0 Å². The Kier molecular flexibility index (Phi) is 6.07. The van der Waals surface area contributed by atoms with Crippen LogP contribution in [-0.2, 0) is 4.79 Å². The molecule has 1 aromatic rings. The summed E-state index contributed by atoms with van der Waals surface area (Å²) >= 11 is 0. The minimum absolute atomic E-state index is 0.0537. The summed E-state index contributed by atoms with van der Waals surface area (Å²) in [7, 11) is 1.57. The maximum atomic E-state index is 12.0. The molecule has 0 unspecified atom stereocenters. The van der Waals surface area contributed by atoms with Crippen molar-refractivity contribution in [3.8, 4) is 11.5 Å². The zero-order chi connectivity index (χ0) is 15.8.